The summed E-state index contributed by atoms with van der Waals surface area (Å²) in [4.78, 5) is 8.30. The van der Waals surface area contributed by atoms with Gasteiger partial charge in [-0.05, 0) is 24.1 Å². The van der Waals surface area contributed by atoms with Crippen LogP contribution in [-0.4, -0.2) is 16.5 Å². The lowest BCUT2D eigenvalue weighted by Gasteiger charge is -2.09. The zero-order valence-corrected chi connectivity index (χ0v) is 12.1. The Hall–Kier alpha value is -2.01. The van der Waals surface area contributed by atoms with Crippen molar-refractivity contribution in [1.82, 2.24) is 9.97 Å². The number of benzene rings is 1. The fourth-order valence-corrected chi connectivity index (χ4v) is 1.95. The summed E-state index contributed by atoms with van der Waals surface area (Å²) in [5.41, 5.74) is 6.78. The van der Waals surface area contributed by atoms with E-state index in [0.29, 0.717) is 12.4 Å². The Morgan fingerprint density at radius 1 is 1.15 bits per heavy atom. The number of anilines is 3. The van der Waals surface area contributed by atoms with Crippen molar-refractivity contribution in [2.24, 2.45) is 0 Å². The van der Waals surface area contributed by atoms with Crippen LogP contribution in [0.25, 0.3) is 0 Å². The number of nitrogens with one attached hydrogen (secondary N) is 2. The van der Waals surface area contributed by atoms with Crippen LogP contribution in [-0.2, 0) is 6.54 Å². The molecule has 5 nitrogen and oxygen atoms in total. The molecule has 0 bridgehead atoms. The molecule has 0 saturated heterocycles. The van der Waals surface area contributed by atoms with E-state index in [4.69, 9.17) is 17.3 Å². The summed E-state index contributed by atoms with van der Waals surface area (Å²) in [5.74, 6) is 1.67. The molecule has 0 spiro atoms. The SMILES string of the molecule is CCCNc1cc(NCc2cccc(Cl)c2)nc(N)n1. The molecule has 1 aromatic heterocycles. The van der Waals surface area contributed by atoms with Crippen molar-refractivity contribution in [3.63, 3.8) is 0 Å². The normalized spacial score (nSPS) is 10.3. The Labute approximate surface area is 123 Å². The monoisotopic (exact) mass is 291 g/mol. The molecule has 0 radical (unpaired) electrons. The topological polar surface area (TPSA) is 75.9 Å². The first-order valence-corrected chi connectivity index (χ1v) is 6.92. The number of hydrogen-bond donors (Lipinski definition) is 3. The maximum atomic E-state index is 5.95. The second-order valence-corrected chi connectivity index (χ2v) is 4.84. The average molecular weight is 292 g/mol. The van der Waals surface area contributed by atoms with Gasteiger partial charge in [-0.15, -0.1) is 0 Å². The summed E-state index contributed by atoms with van der Waals surface area (Å²) >= 11 is 5.95. The van der Waals surface area contributed by atoms with Crippen LogP contribution in [0.1, 0.15) is 18.9 Å². The molecule has 0 unspecified atom stereocenters. The second kappa shape index (κ2) is 6.96. The Balaban J connectivity index is 2.03. The molecule has 0 fully saturated rings. The summed E-state index contributed by atoms with van der Waals surface area (Å²) in [6.07, 6.45) is 1.02. The lowest BCUT2D eigenvalue weighted by Crippen LogP contribution is -2.08. The van der Waals surface area contributed by atoms with Crippen LogP contribution in [0, 0.1) is 0 Å². The summed E-state index contributed by atoms with van der Waals surface area (Å²) in [7, 11) is 0. The molecular weight excluding hydrogens is 274 g/mol. The van der Waals surface area contributed by atoms with Gasteiger partial charge in [0.15, 0.2) is 0 Å². The van der Waals surface area contributed by atoms with Crippen LogP contribution in [0.3, 0.4) is 0 Å². The lowest BCUT2D eigenvalue weighted by atomic mass is 10.2. The average Bonchev–Trinajstić information content (AvgIpc) is 2.42. The Kier molecular flexibility index (Phi) is 5.01. The van der Waals surface area contributed by atoms with Crippen LogP contribution < -0.4 is 16.4 Å². The number of hydrogen-bond acceptors (Lipinski definition) is 5. The van der Waals surface area contributed by atoms with Crippen molar-refractivity contribution < 1.29 is 0 Å². The highest BCUT2D eigenvalue weighted by atomic mass is 35.5. The number of nitrogens with two attached hydrogens (primary N) is 1. The standard InChI is InChI=1S/C14H18ClN5/c1-2-6-17-12-8-13(20-14(16)19-12)18-9-10-4-3-5-11(15)7-10/h3-5,7-8H,2,6,9H2,1H3,(H4,16,17,18,19,20). The Morgan fingerprint density at radius 3 is 2.60 bits per heavy atom. The minimum atomic E-state index is 0.250. The number of nitrogens with zero attached hydrogens (tertiary/aromatic N) is 2. The highest BCUT2D eigenvalue weighted by Gasteiger charge is 2.02. The molecule has 0 atom stereocenters. The van der Waals surface area contributed by atoms with E-state index in [9.17, 15) is 0 Å². The minimum absolute atomic E-state index is 0.250. The molecule has 1 heterocycles. The molecule has 0 aliphatic heterocycles. The fourth-order valence-electron chi connectivity index (χ4n) is 1.74. The molecule has 4 N–H and O–H groups in total. The van der Waals surface area contributed by atoms with Gasteiger partial charge in [-0.25, -0.2) is 0 Å². The molecule has 6 heteroatoms. The van der Waals surface area contributed by atoms with E-state index < -0.39 is 0 Å². The molecule has 1 aromatic carbocycles. The van der Waals surface area contributed by atoms with Gasteiger partial charge in [-0.3, -0.25) is 0 Å². The zero-order chi connectivity index (χ0) is 14.4. The lowest BCUT2D eigenvalue weighted by molar-refractivity contribution is 0.965. The van der Waals surface area contributed by atoms with Gasteiger partial charge in [-0.2, -0.15) is 9.97 Å². The highest BCUT2D eigenvalue weighted by Crippen LogP contribution is 2.15. The molecule has 0 aliphatic rings. The van der Waals surface area contributed by atoms with E-state index in [1.54, 1.807) is 0 Å². The van der Waals surface area contributed by atoms with E-state index >= 15 is 0 Å². The van der Waals surface area contributed by atoms with Crippen molar-refractivity contribution in [3.05, 3.63) is 40.9 Å². The van der Waals surface area contributed by atoms with Crippen molar-refractivity contribution in [3.8, 4) is 0 Å². The fraction of sp³-hybridized carbons (Fsp3) is 0.286. The van der Waals surface area contributed by atoms with Gasteiger partial charge in [-0.1, -0.05) is 30.7 Å². The molecule has 0 saturated carbocycles. The zero-order valence-electron chi connectivity index (χ0n) is 11.4. The van der Waals surface area contributed by atoms with Crippen molar-refractivity contribution >= 4 is 29.2 Å². The van der Waals surface area contributed by atoms with Gasteiger partial charge in [0, 0.05) is 24.2 Å². The van der Waals surface area contributed by atoms with Crippen LogP contribution in [0.4, 0.5) is 17.6 Å². The number of halogens is 1. The van der Waals surface area contributed by atoms with E-state index in [1.165, 1.54) is 0 Å². The smallest absolute Gasteiger partial charge is 0.223 e. The molecule has 0 aliphatic carbocycles. The van der Waals surface area contributed by atoms with Gasteiger partial charge in [0.25, 0.3) is 0 Å². The summed E-state index contributed by atoms with van der Waals surface area (Å²) in [5, 5.41) is 7.13. The first-order valence-electron chi connectivity index (χ1n) is 6.54. The van der Waals surface area contributed by atoms with Crippen LogP contribution >= 0.6 is 11.6 Å². The maximum absolute atomic E-state index is 5.95. The molecule has 2 aromatic rings. The van der Waals surface area contributed by atoms with Gasteiger partial charge < -0.3 is 16.4 Å². The number of nitrogen functional groups attached to an aromatic ring is 1. The van der Waals surface area contributed by atoms with E-state index in [2.05, 4.69) is 27.5 Å². The maximum Gasteiger partial charge on any atom is 0.223 e. The molecule has 2 rings (SSSR count). The van der Waals surface area contributed by atoms with E-state index in [0.717, 1.165) is 29.4 Å². The van der Waals surface area contributed by atoms with Crippen LogP contribution in [0.5, 0.6) is 0 Å². The third kappa shape index (κ3) is 4.28. The summed E-state index contributed by atoms with van der Waals surface area (Å²) < 4.78 is 0. The van der Waals surface area contributed by atoms with Crippen molar-refractivity contribution in [2.45, 2.75) is 19.9 Å². The van der Waals surface area contributed by atoms with E-state index in [-0.39, 0.29) is 5.95 Å². The van der Waals surface area contributed by atoms with Gasteiger partial charge in [0.1, 0.15) is 11.6 Å². The largest absolute Gasteiger partial charge is 0.370 e. The van der Waals surface area contributed by atoms with E-state index in [1.807, 2.05) is 30.3 Å². The summed E-state index contributed by atoms with van der Waals surface area (Å²) in [6, 6.07) is 9.52. The third-order valence-corrected chi connectivity index (χ3v) is 2.90. The van der Waals surface area contributed by atoms with Crippen LogP contribution in [0.15, 0.2) is 30.3 Å². The number of rotatable bonds is 6. The first-order chi connectivity index (χ1) is 9.67. The predicted molar refractivity (Wildman–Crippen MR) is 84.0 cm³/mol. The van der Waals surface area contributed by atoms with Gasteiger partial charge in [0.2, 0.25) is 5.95 Å². The second-order valence-electron chi connectivity index (χ2n) is 4.41. The van der Waals surface area contributed by atoms with Crippen molar-refractivity contribution in [1.29, 1.82) is 0 Å². The molecular formula is C14H18ClN5. The quantitative estimate of drug-likeness (QED) is 0.762. The number of aromatic nitrogens is 2. The van der Waals surface area contributed by atoms with Gasteiger partial charge >= 0.3 is 0 Å². The highest BCUT2D eigenvalue weighted by molar-refractivity contribution is 6.30. The van der Waals surface area contributed by atoms with Crippen molar-refractivity contribution in [2.75, 3.05) is 22.9 Å². The minimum Gasteiger partial charge on any atom is -0.370 e. The predicted octanol–water partition coefficient (Wildman–Crippen LogP) is 3.15. The first kappa shape index (κ1) is 14.4. The molecule has 106 valence electrons. The third-order valence-electron chi connectivity index (χ3n) is 2.66. The molecule has 0 amide bonds. The van der Waals surface area contributed by atoms with Gasteiger partial charge in [0.05, 0.1) is 0 Å². The van der Waals surface area contributed by atoms with Crippen LogP contribution in [0.2, 0.25) is 5.02 Å². The Bertz CT molecular complexity index is 573. The summed E-state index contributed by atoms with van der Waals surface area (Å²) in [6.45, 7) is 3.57. The Morgan fingerprint density at radius 2 is 1.90 bits per heavy atom. The molecule has 20 heavy (non-hydrogen) atoms.